The van der Waals surface area contributed by atoms with Crippen molar-refractivity contribution in [3.63, 3.8) is 0 Å². The normalized spacial score (nSPS) is 14.3. The SMILES string of the molecule is C#Cc1cccc(N2COCC(C(=O)OC)=C2C(=O)OC)c1. The predicted molar refractivity (Wildman–Crippen MR) is 78.7 cm³/mol. The summed E-state index contributed by atoms with van der Waals surface area (Å²) in [5, 5.41) is 0. The fourth-order valence-electron chi connectivity index (χ4n) is 2.11. The Morgan fingerprint density at radius 2 is 2.00 bits per heavy atom. The Labute approximate surface area is 128 Å². The molecule has 0 amide bonds. The molecular weight excluding hydrogens is 286 g/mol. The molecule has 1 aliphatic heterocycles. The number of esters is 2. The average molecular weight is 301 g/mol. The van der Waals surface area contributed by atoms with Crippen LogP contribution in [0.2, 0.25) is 0 Å². The lowest BCUT2D eigenvalue weighted by Gasteiger charge is -2.31. The number of anilines is 1. The monoisotopic (exact) mass is 301 g/mol. The van der Waals surface area contributed by atoms with Gasteiger partial charge in [0.25, 0.3) is 0 Å². The van der Waals surface area contributed by atoms with Crippen LogP contribution in [0.15, 0.2) is 35.5 Å². The molecule has 1 aliphatic rings. The molecule has 0 aromatic heterocycles. The number of ether oxygens (including phenoxy) is 3. The molecule has 1 heterocycles. The largest absolute Gasteiger partial charge is 0.466 e. The van der Waals surface area contributed by atoms with Crippen LogP contribution in [0.3, 0.4) is 0 Å². The van der Waals surface area contributed by atoms with Crippen molar-refractivity contribution < 1.29 is 23.8 Å². The molecule has 0 saturated heterocycles. The maximum Gasteiger partial charge on any atom is 0.355 e. The molecule has 0 fully saturated rings. The number of terminal acetylenes is 1. The summed E-state index contributed by atoms with van der Waals surface area (Å²) in [6, 6.07) is 6.99. The fourth-order valence-corrected chi connectivity index (χ4v) is 2.11. The highest BCUT2D eigenvalue weighted by atomic mass is 16.5. The summed E-state index contributed by atoms with van der Waals surface area (Å²) in [5.41, 5.74) is 1.46. The fraction of sp³-hybridized carbons (Fsp3) is 0.250. The first-order valence-corrected chi connectivity index (χ1v) is 6.44. The summed E-state index contributed by atoms with van der Waals surface area (Å²) < 4.78 is 14.9. The van der Waals surface area contributed by atoms with Crippen molar-refractivity contribution in [1.29, 1.82) is 0 Å². The van der Waals surface area contributed by atoms with E-state index in [1.54, 1.807) is 24.3 Å². The first kappa shape index (κ1) is 15.6. The van der Waals surface area contributed by atoms with E-state index in [1.807, 2.05) is 0 Å². The van der Waals surface area contributed by atoms with Crippen molar-refractivity contribution in [2.45, 2.75) is 0 Å². The van der Waals surface area contributed by atoms with Crippen LogP contribution in [0.5, 0.6) is 0 Å². The molecule has 22 heavy (non-hydrogen) atoms. The van der Waals surface area contributed by atoms with Crippen molar-refractivity contribution in [3.8, 4) is 12.3 Å². The smallest absolute Gasteiger partial charge is 0.355 e. The van der Waals surface area contributed by atoms with Crippen LogP contribution in [0.4, 0.5) is 5.69 Å². The first-order chi connectivity index (χ1) is 10.6. The van der Waals surface area contributed by atoms with Crippen molar-refractivity contribution in [3.05, 3.63) is 41.1 Å². The minimum absolute atomic E-state index is 0.0254. The maximum absolute atomic E-state index is 12.1. The topological polar surface area (TPSA) is 65.1 Å². The second-order valence-electron chi connectivity index (χ2n) is 4.41. The van der Waals surface area contributed by atoms with Gasteiger partial charge >= 0.3 is 11.9 Å². The minimum atomic E-state index is -0.644. The molecule has 1 aromatic rings. The van der Waals surface area contributed by atoms with E-state index < -0.39 is 11.9 Å². The average Bonchev–Trinajstić information content (AvgIpc) is 2.59. The summed E-state index contributed by atoms with van der Waals surface area (Å²) in [4.78, 5) is 25.5. The number of benzene rings is 1. The number of rotatable bonds is 3. The highest BCUT2D eigenvalue weighted by Crippen LogP contribution is 2.27. The number of methoxy groups -OCH3 is 2. The van der Waals surface area contributed by atoms with Crippen molar-refractivity contribution in [1.82, 2.24) is 0 Å². The minimum Gasteiger partial charge on any atom is -0.466 e. The standard InChI is InChI=1S/C16H15NO5/c1-4-11-6-5-7-12(8-11)17-10-22-9-13(15(18)20-2)14(17)16(19)21-3/h1,5-8H,9-10H2,2-3H3. The summed E-state index contributed by atoms with van der Waals surface area (Å²) >= 11 is 0. The van der Waals surface area contributed by atoms with Crippen LogP contribution in [-0.4, -0.2) is 39.5 Å². The molecule has 2 rings (SSSR count). The van der Waals surface area contributed by atoms with Gasteiger partial charge in [-0.15, -0.1) is 6.42 Å². The zero-order valence-electron chi connectivity index (χ0n) is 12.3. The van der Waals surface area contributed by atoms with Gasteiger partial charge in [-0.3, -0.25) is 0 Å². The third kappa shape index (κ3) is 2.95. The second-order valence-corrected chi connectivity index (χ2v) is 4.41. The molecule has 114 valence electrons. The summed E-state index contributed by atoms with van der Waals surface area (Å²) in [6.45, 7) is 0.0708. The lowest BCUT2D eigenvalue weighted by atomic mass is 10.1. The van der Waals surface area contributed by atoms with Crippen molar-refractivity contribution in [2.24, 2.45) is 0 Å². The first-order valence-electron chi connectivity index (χ1n) is 6.44. The van der Waals surface area contributed by atoms with Gasteiger partial charge in [-0.2, -0.15) is 0 Å². The van der Waals surface area contributed by atoms with Gasteiger partial charge in [0.1, 0.15) is 12.4 Å². The summed E-state index contributed by atoms with van der Waals surface area (Å²) in [5.74, 6) is 1.23. The highest BCUT2D eigenvalue weighted by Gasteiger charge is 2.32. The van der Waals surface area contributed by atoms with Gasteiger partial charge in [-0.05, 0) is 18.2 Å². The van der Waals surface area contributed by atoms with E-state index in [0.717, 1.165) is 0 Å². The van der Waals surface area contributed by atoms with Crippen LogP contribution >= 0.6 is 0 Å². The number of hydrogen-bond donors (Lipinski definition) is 0. The molecule has 0 bridgehead atoms. The number of carbonyl (C=O) groups excluding carboxylic acids is 2. The Balaban J connectivity index is 2.55. The van der Waals surface area contributed by atoms with E-state index in [-0.39, 0.29) is 24.6 Å². The van der Waals surface area contributed by atoms with Gasteiger partial charge in [-0.25, -0.2) is 9.59 Å². The van der Waals surface area contributed by atoms with Crippen LogP contribution in [0.1, 0.15) is 5.56 Å². The second kappa shape index (κ2) is 6.78. The molecule has 6 nitrogen and oxygen atoms in total. The van der Waals surface area contributed by atoms with E-state index >= 15 is 0 Å². The third-order valence-electron chi connectivity index (χ3n) is 3.16. The molecular formula is C16H15NO5. The maximum atomic E-state index is 12.1. The van der Waals surface area contributed by atoms with E-state index in [1.165, 1.54) is 19.1 Å². The lowest BCUT2D eigenvalue weighted by molar-refractivity contribution is -0.140. The Morgan fingerprint density at radius 3 is 2.64 bits per heavy atom. The van der Waals surface area contributed by atoms with Gasteiger partial charge in [0.05, 0.1) is 26.4 Å². The number of nitrogens with zero attached hydrogens (tertiary/aromatic N) is 1. The lowest BCUT2D eigenvalue weighted by Crippen LogP contribution is -2.38. The molecule has 0 N–H and O–H groups in total. The van der Waals surface area contributed by atoms with Crippen molar-refractivity contribution in [2.75, 3.05) is 32.5 Å². The van der Waals surface area contributed by atoms with Gasteiger partial charge in [0, 0.05) is 11.3 Å². The van der Waals surface area contributed by atoms with Crippen molar-refractivity contribution >= 4 is 17.6 Å². The molecule has 0 radical (unpaired) electrons. The molecule has 0 atom stereocenters. The Kier molecular flexibility index (Phi) is 4.81. The molecule has 0 spiro atoms. The third-order valence-corrected chi connectivity index (χ3v) is 3.16. The van der Waals surface area contributed by atoms with E-state index in [4.69, 9.17) is 20.6 Å². The van der Waals surface area contributed by atoms with E-state index in [0.29, 0.717) is 11.3 Å². The van der Waals surface area contributed by atoms with Crippen LogP contribution < -0.4 is 4.90 Å². The zero-order chi connectivity index (χ0) is 16.1. The molecule has 0 unspecified atom stereocenters. The molecule has 6 heteroatoms. The van der Waals surface area contributed by atoms with Crippen LogP contribution in [-0.2, 0) is 23.8 Å². The van der Waals surface area contributed by atoms with Gasteiger partial charge in [0.2, 0.25) is 0 Å². The highest BCUT2D eigenvalue weighted by molar-refractivity contribution is 6.03. The van der Waals surface area contributed by atoms with E-state index in [9.17, 15) is 9.59 Å². The van der Waals surface area contributed by atoms with Gasteiger partial charge in [-0.1, -0.05) is 12.0 Å². The zero-order valence-corrected chi connectivity index (χ0v) is 12.3. The molecule has 0 saturated carbocycles. The summed E-state index contributed by atoms with van der Waals surface area (Å²) in [6.07, 6.45) is 5.39. The van der Waals surface area contributed by atoms with Gasteiger partial charge in [0.15, 0.2) is 0 Å². The Bertz CT molecular complexity index is 671. The summed E-state index contributed by atoms with van der Waals surface area (Å²) in [7, 11) is 2.48. The number of carbonyl (C=O) groups is 2. The molecule has 0 aliphatic carbocycles. The van der Waals surface area contributed by atoms with Crippen LogP contribution in [0, 0.1) is 12.3 Å². The predicted octanol–water partition coefficient (Wildman–Crippen LogP) is 1.06. The van der Waals surface area contributed by atoms with Gasteiger partial charge < -0.3 is 19.1 Å². The number of hydrogen-bond acceptors (Lipinski definition) is 6. The quantitative estimate of drug-likeness (QED) is 0.614. The Morgan fingerprint density at radius 1 is 1.27 bits per heavy atom. The molecule has 1 aromatic carbocycles. The van der Waals surface area contributed by atoms with E-state index in [2.05, 4.69) is 5.92 Å². The van der Waals surface area contributed by atoms with Crippen LogP contribution in [0.25, 0.3) is 0 Å². The Hall–Kier alpha value is -2.78.